The summed E-state index contributed by atoms with van der Waals surface area (Å²) in [4.78, 5) is 58.3. The fraction of sp³-hybridized carbons (Fsp3) is 0.111. The minimum absolute atomic E-state index is 0.0788. The maximum absolute atomic E-state index is 12.3. The number of fused-ring (bicyclic) bond motifs is 2. The molecule has 4 aromatic carbocycles. The van der Waals surface area contributed by atoms with Crippen LogP contribution in [0.15, 0.2) is 72.8 Å². The van der Waals surface area contributed by atoms with Gasteiger partial charge in [0, 0.05) is 39.8 Å². The third kappa shape index (κ3) is 6.24. The van der Waals surface area contributed by atoms with Gasteiger partial charge in [0.15, 0.2) is 17.8 Å². The van der Waals surface area contributed by atoms with Crippen molar-refractivity contribution in [2.24, 2.45) is 11.5 Å². The third-order valence-electron chi connectivity index (χ3n) is 8.26. The summed E-state index contributed by atoms with van der Waals surface area (Å²) in [7, 11) is 2.79. The Kier molecular flexibility index (Phi) is 9.50. The number of methoxy groups -OCH3 is 2. The van der Waals surface area contributed by atoms with Crippen molar-refractivity contribution in [3.8, 4) is 34.3 Å². The van der Waals surface area contributed by atoms with Gasteiger partial charge >= 0.3 is 5.97 Å². The molecule has 0 radical (unpaired) electrons. The largest absolute Gasteiger partial charge is 0.494 e. The van der Waals surface area contributed by atoms with E-state index in [1.54, 1.807) is 47.0 Å². The first kappa shape index (κ1) is 34.7. The second kappa shape index (κ2) is 14.0. The zero-order chi connectivity index (χ0) is 36.6. The van der Waals surface area contributed by atoms with Crippen LogP contribution in [-0.4, -0.2) is 62.5 Å². The van der Waals surface area contributed by atoms with E-state index in [9.17, 15) is 24.3 Å². The van der Waals surface area contributed by atoms with Gasteiger partial charge in [0.1, 0.15) is 22.7 Å². The normalized spacial score (nSPS) is 11.4. The Morgan fingerprint density at radius 1 is 0.725 bits per heavy atom. The van der Waals surface area contributed by atoms with Gasteiger partial charge in [-0.25, -0.2) is 14.8 Å². The Hall–Kier alpha value is -6.18. The molecule has 51 heavy (non-hydrogen) atoms. The first-order chi connectivity index (χ1) is 24.5. The van der Waals surface area contributed by atoms with Crippen molar-refractivity contribution in [1.29, 1.82) is 0 Å². The number of aromatic nitrogens is 4. The lowest BCUT2D eigenvalue weighted by Crippen LogP contribution is -2.12. The molecule has 0 saturated carbocycles. The number of carboxylic acid groups (broad SMARTS) is 1. The number of benzene rings is 4. The number of carbonyl (C=O) groups is 4. The molecule has 0 bridgehead atoms. The van der Waals surface area contributed by atoms with E-state index in [2.05, 4.69) is 0 Å². The molecule has 0 atom stereocenters. The fourth-order valence-electron chi connectivity index (χ4n) is 6.00. The predicted molar refractivity (Wildman–Crippen MR) is 192 cm³/mol. The van der Waals surface area contributed by atoms with E-state index in [4.69, 9.17) is 54.1 Å². The van der Waals surface area contributed by atoms with E-state index < -0.39 is 17.8 Å². The molecule has 0 saturated heterocycles. The number of primary amides is 2. The molecule has 0 unspecified atom stereocenters. The minimum Gasteiger partial charge on any atom is -0.494 e. The molecule has 0 aliphatic carbocycles. The maximum Gasteiger partial charge on any atom is 0.336 e. The first-order valence-electron chi connectivity index (χ1n) is 15.2. The Balaban J connectivity index is 1.49. The molecule has 15 heteroatoms. The number of carboxylic acids is 1. The summed E-state index contributed by atoms with van der Waals surface area (Å²) in [5, 5.41) is 10.6. The van der Waals surface area contributed by atoms with Crippen LogP contribution in [0.25, 0.3) is 44.8 Å². The van der Waals surface area contributed by atoms with Crippen LogP contribution in [0.4, 0.5) is 0 Å². The van der Waals surface area contributed by atoms with Gasteiger partial charge in [-0.3, -0.25) is 14.4 Å². The van der Waals surface area contributed by atoms with Gasteiger partial charge < -0.3 is 35.2 Å². The smallest absolute Gasteiger partial charge is 0.336 e. The summed E-state index contributed by atoms with van der Waals surface area (Å²) in [5.41, 5.74) is 14.2. The lowest BCUT2D eigenvalue weighted by molar-refractivity contribution is 0.0697. The van der Waals surface area contributed by atoms with E-state index in [0.29, 0.717) is 50.3 Å². The maximum atomic E-state index is 12.3. The SMILES string of the molecule is COc1c(C(N)=O)ccc2c1nc(-c1ccc(Cl)cc1C=O)n2C/C=C/Cn1c(-c2ccc(Cl)cc2C(=O)O)nc2c(OC)c(C(N)=O)ccc21. The summed E-state index contributed by atoms with van der Waals surface area (Å²) < 4.78 is 14.7. The molecule has 258 valence electrons. The number of rotatable bonds is 12. The fourth-order valence-corrected chi connectivity index (χ4v) is 6.35. The summed E-state index contributed by atoms with van der Waals surface area (Å²) in [6.07, 6.45) is 4.36. The molecule has 0 spiro atoms. The topological polar surface area (TPSA) is 195 Å². The van der Waals surface area contributed by atoms with Crippen LogP contribution < -0.4 is 20.9 Å². The van der Waals surface area contributed by atoms with Crippen molar-refractivity contribution < 1.29 is 33.8 Å². The van der Waals surface area contributed by atoms with Crippen LogP contribution in [0.5, 0.6) is 11.5 Å². The Labute approximate surface area is 299 Å². The van der Waals surface area contributed by atoms with Crippen molar-refractivity contribution in [1.82, 2.24) is 19.1 Å². The Morgan fingerprint density at radius 2 is 1.20 bits per heavy atom. The molecule has 0 aliphatic rings. The number of halogens is 2. The molecule has 6 rings (SSSR count). The average molecular weight is 728 g/mol. The van der Waals surface area contributed by atoms with Gasteiger partial charge in [-0.15, -0.1) is 0 Å². The van der Waals surface area contributed by atoms with E-state index in [0.717, 1.165) is 0 Å². The minimum atomic E-state index is -1.21. The van der Waals surface area contributed by atoms with Crippen LogP contribution in [0, 0.1) is 0 Å². The van der Waals surface area contributed by atoms with Gasteiger partial charge in [0.25, 0.3) is 11.8 Å². The second-order valence-electron chi connectivity index (χ2n) is 11.2. The van der Waals surface area contributed by atoms with Crippen molar-refractivity contribution in [2.75, 3.05) is 14.2 Å². The number of amides is 2. The summed E-state index contributed by atoms with van der Waals surface area (Å²) >= 11 is 12.3. The lowest BCUT2D eigenvalue weighted by Gasteiger charge is -2.11. The zero-order valence-corrected chi connectivity index (χ0v) is 28.5. The molecule has 2 heterocycles. The standard InChI is InChI=1S/C36H28Cl2N6O7/c1-50-30-23(32(39)46)9-11-26-28(30)41-34(21-7-5-19(37)15-18(21)17-45)43(26)13-3-4-14-44-27-12-10-24(33(40)47)31(51-2)29(27)42-35(44)22-8-6-20(38)16-25(22)36(48)49/h3-12,15-17H,13-14H2,1-2H3,(H2,39,46)(H2,40,47)(H,48,49)/b4-3+. The van der Waals surface area contributed by atoms with Crippen molar-refractivity contribution >= 4 is 69.3 Å². The van der Waals surface area contributed by atoms with Crippen LogP contribution >= 0.6 is 23.2 Å². The number of hydrogen-bond donors (Lipinski definition) is 3. The number of allylic oxidation sites excluding steroid dienone is 2. The van der Waals surface area contributed by atoms with E-state index >= 15 is 0 Å². The highest BCUT2D eigenvalue weighted by molar-refractivity contribution is 6.31. The first-order valence-corrected chi connectivity index (χ1v) is 15.9. The highest BCUT2D eigenvalue weighted by Crippen LogP contribution is 2.37. The van der Waals surface area contributed by atoms with Gasteiger partial charge in [-0.1, -0.05) is 35.4 Å². The van der Waals surface area contributed by atoms with E-state index in [1.165, 1.54) is 32.4 Å². The molecule has 6 aromatic rings. The summed E-state index contributed by atoms with van der Waals surface area (Å²) in [6.45, 7) is 0.411. The number of nitrogens with two attached hydrogens (primary N) is 2. The van der Waals surface area contributed by atoms with Gasteiger partial charge in [-0.05, 0) is 60.7 Å². The molecular formula is C36H28Cl2N6O7. The molecular weight excluding hydrogens is 699 g/mol. The molecule has 5 N–H and O–H groups in total. The van der Waals surface area contributed by atoms with Crippen molar-refractivity contribution in [3.05, 3.63) is 105 Å². The number of aldehydes is 1. The van der Waals surface area contributed by atoms with Crippen LogP contribution in [0.1, 0.15) is 41.4 Å². The van der Waals surface area contributed by atoms with Gasteiger partial charge in [0.2, 0.25) is 0 Å². The zero-order valence-electron chi connectivity index (χ0n) is 27.0. The molecule has 13 nitrogen and oxygen atoms in total. The summed E-state index contributed by atoms with van der Waals surface area (Å²) in [5.74, 6) is -1.62. The Morgan fingerprint density at radius 3 is 1.65 bits per heavy atom. The number of aromatic carboxylic acids is 1. The quantitative estimate of drug-likeness (QED) is 0.1000. The van der Waals surface area contributed by atoms with Gasteiger partial charge in [0.05, 0.1) is 41.9 Å². The second-order valence-corrected chi connectivity index (χ2v) is 12.0. The van der Waals surface area contributed by atoms with Crippen LogP contribution in [0.2, 0.25) is 10.0 Å². The molecule has 2 amide bonds. The number of imidazole rings is 2. The number of hydrogen-bond acceptors (Lipinski definition) is 8. The molecule has 2 aromatic heterocycles. The van der Waals surface area contributed by atoms with Crippen LogP contribution in [0.3, 0.4) is 0 Å². The highest BCUT2D eigenvalue weighted by atomic mass is 35.5. The number of carbonyl (C=O) groups excluding carboxylic acids is 3. The number of ether oxygens (including phenoxy) is 2. The highest BCUT2D eigenvalue weighted by Gasteiger charge is 2.24. The predicted octanol–water partition coefficient (Wildman–Crippen LogP) is 6.01. The monoisotopic (exact) mass is 726 g/mol. The third-order valence-corrected chi connectivity index (χ3v) is 8.74. The van der Waals surface area contributed by atoms with Crippen LogP contribution in [-0.2, 0) is 13.1 Å². The molecule has 0 aliphatic heterocycles. The van der Waals surface area contributed by atoms with Crippen molar-refractivity contribution in [2.45, 2.75) is 13.1 Å². The molecule has 0 fully saturated rings. The Bertz CT molecular complexity index is 2450. The number of nitrogens with zero attached hydrogens (tertiary/aromatic N) is 4. The average Bonchev–Trinajstić information content (AvgIpc) is 3.67. The summed E-state index contributed by atoms with van der Waals surface area (Å²) in [6, 6.07) is 15.7. The van der Waals surface area contributed by atoms with E-state index in [1.807, 2.05) is 16.7 Å². The van der Waals surface area contributed by atoms with E-state index in [-0.39, 0.29) is 57.7 Å². The lowest BCUT2D eigenvalue weighted by atomic mass is 10.1. The van der Waals surface area contributed by atoms with Gasteiger partial charge in [-0.2, -0.15) is 0 Å². The van der Waals surface area contributed by atoms with Crippen molar-refractivity contribution in [3.63, 3.8) is 0 Å².